The number of nitriles is 1. The highest BCUT2D eigenvalue weighted by atomic mass is 16.3. The van der Waals surface area contributed by atoms with Crippen LogP contribution in [0.15, 0.2) is 15.8 Å². The molecule has 6 nitrogen and oxygen atoms in total. The maximum atomic E-state index is 11.3. The fourth-order valence-corrected chi connectivity index (χ4v) is 1.33. The van der Waals surface area contributed by atoms with Crippen molar-refractivity contribution < 1.29 is 5.11 Å². The lowest BCUT2D eigenvalue weighted by Gasteiger charge is -2.04. The predicted molar refractivity (Wildman–Crippen MR) is 57.0 cm³/mol. The molecule has 0 aliphatic heterocycles. The van der Waals surface area contributed by atoms with Crippen molar-refractivity contribution in [3.63, 3.8) is 0 Å². The van der Waals surface area contributed by atoms with Crippen LogP contribution in [0.25, 0.3) is 0 Å². The topological polar surface area (TPSA) is 98.9 Å². The molecule has 6 heteroatoms. The molecule has 0 fully saturated rings. The molecule has 1 aromatic rings. The van der Waals surface area contributed by atoms with Gasteiger partial charge in [0, 0.05) is 19.3 Å². The highest BCUT2D eigenvalue weighted by Crippen LogP contribution is 1.96. The first-order chi connectivity index (χ1) is 7.69. The maximum Gasteiger partial charge on any atom is 0.328 e. The number of aromatic nitrogens is 2. The molecule has 0 unspecified atom stereocenters. The third-order valence-corrected chi connectivity index (χ3v) is 2.19. The first-order valence-corrected chi connectivity index (χ1v) is 5.03. The zero-order valence-corrected chi connectivity index (χ0v) is 8.77. The van der Waals surface area contributed by atoms with Crippen LogP contribution >= 0.6 is 0 Å². The Labute approximate surface area is 91.8 Å². The summed E-state index contributed by atoms with van der Waals surface area (Å²) in [6, 6.07) is 1.72. The van der Waals surface area contributed by atoms with Crippen LogP contribution in [0.3, 0.4) is 0 Å². The second-order valence-electron chi connectivity index (χ2n) is 3.39. The average Bonchev–Trinajstić information content (AvgIpc) is 2.27. The molecule has 1 rings (SSSR count). The summed E-state index contributed by atoms with van der Waals surface area (Å²) in [4.78, 5) is 24.5. The molecule has 0 aliphatic rings. The van der Waals surface area contributed by atoms with Gasteiger partial charge in [0.15, 0.2) is 0 Å². The van der Waals surface area contributed by atoms with E-state index in [1.165, 1.54) is 10.8 Å². The fourth-order valence-electron chi connectivity index (χ4n) is 1.33. The Kier molecular flexibility index (Phi) is 4.48. The number of H-pyrrole nitrogens is 1. The van der Waals surface area contributed by atoms with Gasteiger partial charge in [-0.15, -0.1) is 0 Å². The Morgan fingerprint density at radius 1 is 1.38 bits per heavy atom. The fraction of sp³-hybridized carbons (Fsp3) is 0.500. The van der Waals surface area contributed by atoms with Crippen molar-refractivity contribution in [1.29, 1.82) is 5.26 Å². The number of aliphatic hydroxyl groups is 1. The number of hydrogen-bond donors (Lipinski definition) is 2. The van der Waals surface area contributed by atoms with Crippen LogP contribution in [0.4, 0.5) is 0 Å². The van der Waals surface area contributed by atoms with Gasteiger partial charge in [0.1, 0.15) is 11.6 Å². The van der Waals surface area contributed by atoms with Gasteiger partial charge in [-0.2, -0.15) is 5.26 Å². The van der Waals surface area contributed by atoms with Gasteiger partial charge in [0.25, 0.3) is 5.56 Å². The van der Waals surface area contributed by atoms with Crippen molar-refractivity contribution in [3.05, 3.63) is 32.6 Å². The summed E-state index contributed by atoms with van der Waals surface area (Å²) in [5.74, 6) is 0. The number of aliphatic hydroxyl groups excluding tert-OH is 1. The van der Waals surface area contributed by atoms with Crippen LogP contribution in [-0.4, -0.2) is 21.3 Å². The van der Waals surface area contributed by atoms with E-state index in [0.717, 1.165) is 12.8 Å². The molecule has 0 atom stereocenters. The Morgan fingerprint density at radius 2 is 2.12 bits per heavy atom. The molecule has 86 valence electrons. The van der Waals surface area contributed by atoms with Gasteiger partial charge in [-0.3, -0.25) is 14.3 Å². The number of nitrogens with one attached hydrogen (secondary N) is 1. The van der Waals surface area contributed by atoms with Crippen molar-refractivity contribution in [2.24, 2.45) is 0 Å². The lowest BCUT2D eigenvalue weighted by Crippen LogP contribution is -2.31. The zero-order chi connectivity index (χ0) is 12.0. The predicted octanol–water partition coefficient (Wildman–Crippen LogP) is -0.429. The van der Waals surface area contributed by atoms with Crippen molar-refractivity contribution in [2.45, 2.75) is 25.8 Å². The van der Waals surface area contributed by atoms with E-state index in [-0.39, 0.29) is 12.2 Å². The minimum Gasteiger partial charge on any atom is -0.396 e. The molecule has 0 radical (unpaired) electrons. The standard InChI is InChI=1S/C10H13N3O3/c11-6-8-7-13(4-2-1-3-5-14)10(16)12-9(8)15/h7,14H,1-5H2,(H,12,15,16). The largest absolute Gasteiger partial charge is 0.396 e. The van der Waals surface area contributed by atoms with E-state index in [1.807, 2.05) is 0 Å². The van der Waals surface area contributed by atoms with Gasteiger partial charge < -0.3 is 5.11 Å². The molecule has 0 saturated heterocycles. The first-order valence-electron chi connectivity index (χ1n) is 5.03. The summed E-state index contributed by atoms with van der Waals surface area (Å²) >= 11 is 0. The lowest BCUT2D eigenvalue weighted by molar-refractivity contribution is 0.281. The average molecular weight is 223 g/mol. The number of hydrogen-bond acceptors (Lipinski definition) is 4. The van der Waals surface area contributed by atoms with E-state index in [1.54, 1.807) is 6.07 Å². The van der Waals surface area contributed by atoms with E-state index in [2.05, 4.69) is 4.98 Å². The van der Waals surface area contributed by atoms with Crippen LogP contribution in [0.1, 0.15) is 24.8 Å². The molecule has 0 aromatic carbocycles. The van der Waals surface area contributed by atoms with Crippen molar-refractivity contribution in [1.82, 2.24) is 9.55 Å². The van der Waals surface area contributed by atoms with Gasteiger partial charge in [0.2, 0.25) is 0 Å². The van der Waals surface area contributed by atoms with Gasteiger partial charge in [-0.1, -0.05) is 0 Å². The number of aromatic amines is 1. The molecular formula is C10H13N3O3. The Balaban J connectivity index is 2.77. The van der Waals surface area contributed by atoms with Crippen LogP contribution in [0, 0.1) is 11.3 Å². The van der Waals surface area contributed by atoms with Gasteiger partial charge >= 0.3 is 5.69 Å². The summed E-state index contributed by atoms with van der Waals surface area (Å²) in [5.41, 5.74) is -1.23. The smallest absolute Gasteiger partial charge is 0.328 e. The highest BCUT2D eigenvalue weighted by Gasteiger charge is 2.03. The van der Waals surface area contributed by atoms with E-state index in [9.17, 15) is 9.59 Å². The van der Waals surface area contributed by atoms with Crippen LogP contribution in [0.5, 0.6) is 0 Å². The third-order valence-electron chi connectivity index (χ3n) is 2.19. The minimum atomic E-state index is -0.654. The number of nitrogens with zero attached hydrogens (tertiary/aromatic N) is 2. The number of rotatable bonds is 5. The summed E-state index contributed by atoms with van der Waals surface area (Å²) in [5, 5.41) is 17.2. The summed E-state index contributed by atoms with van der Waals surface area (Å²) < 4.78 is 1.30. The second-order valence-corrected chi connectivity index (χ2v) is 3.39. The van der Waals surface area contributed by atoms with E-state index >= 15 is 0 Å². The maximum absolute atomic E-state index is 11.3. The van der Waals surface area contributed by atoms with E-state index in [0.29, 0.717) is 13.0 Å². The molecule has 0 spiro atoms. The summed E-state index contributed by atoms with van der Waals surface area (Å²) in [7, 11) is 0. The molecule has 2 N–H and O–H groups in total. The van der Waals surface area contributed by atoms with E-state index in [4.69, 9.17) is 10.4 Å². The van der Waals surface area contributed by atoms with Crippen molar-refractivity contribution in [2.75, 3.05) is 6.61 Å². The van der Waals surface area contributed by atoms with Gasteiger partial charge in [0.05, 0.1) is 0 Å². The first kappa shape index (κ1) is 12.2. The molecular weight excluding hydrogens is 210 g/mol. The summed E-state index contributed by atoms with van der Waals surface area (Å²) in [6.45, 7) is 0.564. The molecule has 1 heterocycles. The van der Waals surface area contributed by atoms with Crippen LogP contribution < -0.4 is 11.2 Å². The molecule has 0 saturated carbocycles. The number of unbranched alkanes of at least 4 members (excludes halogenated alkanes) is 2. The van der Waals surface area contributed by atoms with Gasteiger partial charge in [-0.05, 0) is 19.3 Å². The normalized spacial score (nSPS) is 10.0. The SMILES string of the molecule is N#Cc1cn(CCCCCO)c(=O)[nH]c1=O. The van der Waals surface area contributed by atoms with Crippen LogP contribution in [-0.2, 0) is 6.54 Å². The highest BCUT2D eigenvalue weighted by molar-refractivity contribution is 5.21. The molecule has 1 aromatic heterocycles. The van der Waals surface area contributed by atoms with Crippen molar-refractivity contribution >= 4 is 0 Å². The Bertz CT molecular complexity index is 495. The van der Waals surface area contributed by atoms with Crippen molar-refractivity contribution in [3.8, 4) is 6.07 Å². The minimum absolute atomic E-state index is 0.0678. The molecule has 0 amide bonds. The molecule has 0 bridgehead atoms. The summed E-state index contributed by atoms with van der Waals surface area (Å²) in [6.07, 6.45) is 3.46. The Hall–Kier alpha value is -1.87. The van der Waals surface area contributed by atoms with Crippen LogP contribution in [0.2, 0.25) is 0 Å². The van der Waals surface area contributed by atoms with E-state index < -0.39 is 11.2 Å². The lowest BCUT2D eigenvalue weighted by atomic mass is 10.2. The zero-order valence-electron chi connectivity index (χ0n) is 8.77. The quantitative estimate of drug-likeness (QED) is 0.661. The number of aryl methyl sites for hydroxylation is 1. The van der Waals surface area contributed by atoms with Gasteiger partial charge in [-0.25, -0.2) is 4.79 Å². The molecule has 0 aliphatic carbocycles. The molecule has 16 heavy (non-hydrogen) atoms. The third kappa shape index (κ3) is 3.07. The monoisotopic (exact) mass is 223 g/mol. The Morgan fingerprint density at radius 3 is 2.75 bits per heavy atom. The second kappa shape index (κ2) is 5.88.